The van der Waals surface area contributed by atoms with Crippen molar-refractivity contribution in [2.45, 2.75) is 32.3 Å². The van der Waals surface area contributed by atoms with Gasteiger partial charge in [0, 0.05) is 42.8 Å². The van der Waals surface area contributed by atoms with E-state index in [1.54, 1.807) is 6.20 Å². The van der Waals surface area contributed by atoms with Gasteiger partial charge in [-0.1, -0.05) is 6.07 Å². The number of sulfone groups is 1. The topological polar surface area (TPSA) is 85.3 Å². The largest absolute Gasteiger partial charge is 0.471 e. The van der Waals surface area contributed by atoms with Gasteiger partial charge < -0.3 is 9.64 Å². The number of aryl methyl sites for hydroxylation is 1. The van der Waals surface area contributed by atoms with Gasteiger partial charge in [-0.05, 0) is 55.0 Å². The van der Waals surface area contributed by atoms with Gasteiger partial charge in [0.05, 0.1) is 29.1 Å². The molecule has 0 N–H and O–H groups in total. The van der Waals surface area contributed by atoms with E-state index in [2.05, 4.69) is 20.9 Å². The van der Waals surface area contributed by atoms with Crippen molar-refractivity contribution in [2.75, 3.05) is 29.5 Å². The molecule has 0 radical (unpaired) electrons. The van der Waals surface area contributed by atoms with Crippen molar-refractivity contribution in [1.82, 2.24) is 15.0 Å². The number of fused-ring (bicyclic) bond motifs is 1. The van der Waals surface area contributed by atoms with Crippen LogP contribution in [0.3, 0.4) is 0 Å². The Morgan fingerprint density at radius 1 is 1.03 bits per heavy atom. The Morgan fingerprint density at radius 2 is 1.88 bits per heavy atom. The van der Waals surface area contributed by atoms with Crippen LogP contribution in [0, 0.1) is 0 Å². The second-order valence-electron chi connectivity index (χ2n) is 8.32. The highest BCUT2D eigenvalue weighted by Gasteiger charge is 2.23. The molecule has 0 bridgehead atoms. The number of nitrogens with zero attached hydrogens (tertiary/aromatic N) is 4. The van der Waals surface area contributed by atoms with Crippen LogP contribution >= 0.6 is 0 Å². The second-order valence-corrected chi connectivity index (χ2v) is 10.6. The number of anilines is 1. The maximum Gasteiger partial charge on any atom is 0.214 e. The maximum absolute atomic E-state index is 11.8. The zero-order chi connectivity index (χ0) is 22.0. The van der Waals surface area contributed by atoms with E-state index >= 15 is 0 Å². The summed E-state index contributed by atoms with van der Waals surface area (Å²) in [7, 11) is -2.92. The zero-order valence-electron chi connectivity index (χ0n) is 17.9. The molecule has 1 saturated heterocycles. The molecule has 3 aromatic rings. The van der Waals surface area contributed by atoms with Crippen LogP contribution in [-0.4, -0.2) is 48.0 Å². The molecule has 1 aliphatic carbocycles. The molecular formula is C24H26N4O3S. The molecule has 1 fully saturated rings. The Hall–Kier alpha value is -3.00. The first kappa shape index (κ1) is 20.9. The summed E-state index contributed by atoms with van der Waals surface area (Å²) in [6, 6.07) is 9.88. The lowest BCUT2D eigenvalue weighted by atomic mass is 9.89. The molecule has 3 aromatic heterocycles. The van der Waals surface area contributed by atoms with Crippen LogP contribution in [-0.2, 0) is 29.3 Å². The highest BCUT2D eigenvalue weighted by atomic mass is 32.2. The summed E-state index contributed by atoms with van der Waals surface area (Å²) in [6.07, 6.45) is 9.65. The van der Waals surface area contributed by atoms with Crippen LogP contribution in [0.4, 0.5) is 5.69 Å². The Bertz CT molecular complexity index is 1200. The van der Waals surface area contributed by atoms with Gasteiger partial charge in [0.15, 0.2) is 9.84 Å². The van der Waals surface area contributed by atoms with E-state index in [4.69, 9.17) is 9.72 Å². The normalized spacial score (nSPS) is 17.6. The molecule has 0 saturated carbocycles. The standard InChI is InChI=1S/C24H26N4O3S/c29-32(30)11-9-28(10-12-32)20-13-18(15-25-16-20)22-14-24(27-23-7-2-1-6-21(22)23)31-17-19-5-3-4-8-26-19/h3-5,8,13-16H,1-2,6-7,9-12,17H2. The van der Waals surface area contributed by atoms with Crippen molar-refractivity contribution in [1.29, 1.82) is 0 Å². The monoisotopic (exact) mass is 450 g/mol. The molecule has 8 heteroatoms. The number of aromatic nitrogens is 3. The van der Waals surface area contributed by atoms with Crippen LogP contribution in [0.5, 0.6) is 5.88 Å². The van der Waals surface area contributed by atoms with Crippen LogP contribution in [0.15, 0.2) is 48.9 Å². The Kier molecular flexibility index (Phi) is 5.78. The van der Waals surface area contributed by atoms with Crippen molar-refractivity contribution in [3.05, 3.63) is 65.9 Å². The maximum atomic E-state index is 11.8. The molecule has 2 aliphatic rings. The molecule has 0 spiro atoms. The van der Waals surface area contributed by atoms with Crippen LogP contribution in [0.25, 0.3) is 11.1 Å². The van der Waals surface area contributed by atoms with Gasteiger partial charge >= 0.3 is 0 Å². The molecule has 5 rings (SSSR count). The van der Waals surface area contributed by atoms with Crippen molar-refractivity contribution >= 4 is 15.5 Å². The molecular weight excluding hydrogens is 424 g/mol. The van der Waals surface area contributed by atoms with E-state index in [1.165, 1.54) is 5.56 Å². The van der Waals surface area contributed by atoms with Crippen molar-refractivity contribution in [3.8, 4) is 17.0 Å². The summed E-state index contributed by atoms with van der Waals surface area (Å²) in [6.45, 7) is 1.37. The molecule has 7 nitrogen and oxygen atoms in total. The molecule has 1 aliphatic heterocycles. The molecule has 0 amide bonds. The Morgan fingerprint density at radius 3 is 2.69 bits per heavy atom. The van der Waals surface area contributed by atoms with E-state index in [0.29, 0.717) is 25.6 Å². The lowest BCUT2D eigenvalue weighted by molar-refractivity contribution is 0.288. The minimum absolute atomic E-state index is 0.188. The van der Waals surface area contributed by atoms with E-state index in [1.807, 2.05) is 36.7 Å². The third-order valence-corrected chi connectivity index (χ3v) is 7.72. The minimum Gasteiger partial charge on any atom is -0.471 e. The summed E-state index contributed by atoms with van der Waals surface area (Å²) in [4.78, 5) is 15.7. The average Bonchev–Trinajstić information content (AvgIpc) is 2.83. The molecule has 166 valence electrons. The van der Waals surface area contributed by atoms with E-state index in [0.717, 1.165) is 53.9 Å². The van der Waals surface area contributed by atoms with Gasteiger partial charge in [-0.25, -0.2) is 13.4 Å². The first-order valence-electron chi connectivity index (χ1n) is 11.0. The Labute approximate surface area is 188 Å². The van der Waals surface area contributed by atoms with Gasteiger partial charge in [-0.15, -0.1) is 0 Å². The molecule has 0 aromatic carbocycles. The van der Waals surface area contributed by atoms with Crippen molar-refractivity contribution < 1.29 is 13.2 Å². The second kappa shape index (κ2) is 8.86. The van der Waals surface area contributed by atoms with Crippen molar-refractivity contribution in [3.63, 3.8) is 0 Å². The van der Waals surface area contributed by atoms with Crippen LogP contribution < -0.4 is 9.64 Å². The van der Waals surface area contributed by atoms with Gasteiger partial charge in [0.2, 0.25) is 5.88 Å². The molecule has 0 atom stereocenters. The van der Waals surface area contributed by atoms with E-state index < -0.39 is 9.84 Å². The van der Waals surface area contributed by atoms with E-state index in [9.17, 15) is 8.42 Å². The molecule has 4 heterocycles. The summed E-state index contributed by atoms with van der Waals surface area (Å²) >= 11 is 0. The summed E-state index contributed by atoms with van der Waals surface area (Å²) in [5.41, 5.74) is 6.29. The summed E-state index contributed by atoms with van der Waals surface area (Å²) in [5, 5.41) is 0. The summed E-state index contributed by atoms with van der Waals surface area (Å²) < 4.78 is 29.6. The number of hydrogen-bond acceptors (Lipinski definition) is 7. The predicted molar refractivity (Wildman–Crippen MR) is 124 cm³/mol. The third-order valence-electron chi connectivity index (χ3n) is 6.12. The number of rotatable bonds is 5. The number of hydrogen-bond donors (Lipinski definition) is 0. The zero-order valence-corrected chi connectivity index (χ0v) is 18.7. The first-order valence-corrected chi connectivity index (χ1v) is 12.9. The molecule has 0 unspecified atom stereocenters. The average molecular weight is 451 g/mol. The van der Waals surface area contributed by atoms with Gasteiger partial charge in [0.25, 0.3) is 0 Å². The predicted octanol–water partition coefficient (Wildman–Crippen LogP) is 3.23. The fourth-order valence-corrected chi connectivity index (χ4v) is 5.56. The first-order chi connectivity index (χ1) is 15.6. The van der Waals surface area contributed by atoms with Gasteiger partial charge in [0.1, 0.15) is 6.61 Å². The van der Waals surface area contributed by atoms with E-state index in [-0.39, 0.29) is 11.5 Å². The SMILES string of the molecule is O=S1(=O)CCN(c2cncc(-c3cc(OCc4ccccn4)nc4c3CCCC4)c2)CC1. The highest BCUT2D eigenvalue weighted by molar-refractivity contribution is 7.91. The van der Waals surface area contributed by atoms with Crippen LogP contribution in [0.2, 0.25) is 0 Å². The van der Waals surface area contributed by atoms with Gasteiger partial charge in [-0.2, -0.15) is 0 Å². The quantitative estimate of drug-likeness (QED) is 0.590. The van der Waals surface area contributed by atoms with Crippen molar-refractivity contribution in [2.24, 2.45) is 0 Å². The fourth-order valence-electron chi connectivity index (χ4n) is 4.36. The highest BCUT2D eigenvalue weighted by Crippen LogP contribution is 2.35. The lowest BCUT2D eigenvalue weighted by Gasteiger charge is -2.29. The smallest absolute Gasteiger partial charge is 0.214 e. The third kappa shape index (κ3) is 4.60. The summed E-state index contributed by atoms with van der Waals surface area (Å²) in [5.74, 6) is 0.974. The Balaban J connectivity index is 1.45. The number of ether oxygens (including phenoxy) is 1. The van der Waals surface area contributed by atoms with Crippen LogP contribution in [0.1, 0.15) is 29.8 Å². The fraction of sp³-hybridized carbons (Fsp3) is 0.375. The molecule has 32 heavy (non-hydrogen) atoms. The minimum atomic E-state index is -2.92. The number of pyridine rings is 3. The van der Waals surface area contributed by atoms with Gasteiger partial charge in [-0.3, -0.25) is 9.97 Å². The lowest BCUT2D eigenvalue weighted by Crippen LogP contribution is -2.40.